The Morgan fingerprint density at radius 3 is 2.48 bits per heavy atom. The lowest BCUT2D eigenvalue weighted by Crippen LogP contribution is -2.08. The fourth-order valence-corrected chi connectivity index (χ4v) is 2.13. The number of rotatable bonds is 4. The van der Waals surface area contributed by atoms with E-state index in [4.69, 9.17) is 5.11 Å². The van der Waals surface area contributed by atoms with Crippen molar-refractivity contribution >= 4 is 28.6 Å². The number of carboxylic acid groups (broad SMARTS) is 1. The van der Waals surface area contributed by atoms with E-state index in [0.717, 1.165) is 34.6 Å². The highest BCUT2D eigenvalue weighted by molar-refractivity contribution is 6.02. The first kappa shape index (κ1) is 14.5. The van der Waals surface area contributed by atoms with E-state index >= 15 is 0 Å². The van der Waals surface area contributed by atoms with Crippen LogP contribution in [0.3, 0.4) is 0 Å². The quantitative estimate of drug-likeness (QED) is 0.646. The van der Waals surface area contributed by atoms with Crippen molar-refractivity contribution in [2.45, 2.75) is 0 Å². The molecule has 0 fully saturated rings. The standard InChI is InChI=1S/C17H13N3O3/c21-15(9-10-16(22)23)18-12-7-5-11(6-8-12)17-19-13-3-1-2-4-14(13)20-17/h1-10H,(H,18,21)(H,19,20)(H,22,23). The van der Waals surface area contributed by atoms with Crippen molar-refractivity contribution in [3.63, 3.8) is 0 Å². The van der Waals surface area contributed by atoms with Gasteiger partial charge >= 0.3 is 5.97 Å². The molecule has 0 atom stereocenters. The monoisotopic (exact) mass is 307 g/mol. The predicted molar refractivity (Wildman–Crippen MR) is 86.9 cm³/mol. The number of carbonyl (C=O) groups excluding carboxylic acids is 1. The molecule has 0 saturated carbocycles. The largest absolute Gasteiger partial charge is 0.478 e. The molecule has 0 unspecified atom stereocenters. The number of imidazole rings is 1. The van der Waals surface area contributed by atoms with Gasteiger partial charge in [0.05, 0.1) is 11.0 Å². The number of H-pyrrole nitrogens is 1. The molecule has 3 N–H and O–H groups in total. The molecule has 0 spiro atoms. The van der Waals surface area contributed by atoms with Crippen LogP contribution in [0.2, 0.25) is 0 Å². The summed E-state index contributed by atoms with van der Waals surface area (Å²) in [5.41, 5.74) is 3.31. The molecule has 6 nitrogen and oxygen atoms in total. The van der Waals surface area contributed by atoms with Gasteiger partial charge in [-0.05, 0) is 36.4 Å². The number of aromatic nitrogens is 2. The second-order valence-electron chi connectivity index (χ2n) is 4.84. The van der Waals surface area contributed by atoms with E-state index in [1.807, 2.05) is 36.4 Å². The molecule has 3 rings (SSSR count). The molecule has 0 aliphatic rings. The number of hydrogen-bond acceptors (Lipinski definition) is 3. The van der Waals surface area contributed by atoms with E-state index < -0.39 is 11.9 Å². The molecule has 1 aromatic heterocycles. The molecule has 1 heterocycles. The molecule has 114 valence electrons. The maximum Gasteiger partial charge on any atom is 0.328 e. The zero-order valence-electron chi connectivity index (χ0n) is 12.0. The molecule has 0 saturated heterocycles. The fourth-order valence-electron chi connectivity index (χ4n) is 2.13. The molecule has 2 aromatic carbocycles. The van der Waals surface area contributed by atoms with Crippen LogP contribution in [0.4, 0.5) is 5.69 Å². The Balaban J connectivity index is 1.76. The molecule has 0 aliphatic carbocycles. The van der Waals surface area contributed by atoms with Crippen LogP contribution in [-0.2, 0) is 9.59 Å². The third-order valence-corrected chi connectivity index (χ3v) is 3.19. The van der Waals surface area contributed by atoms with E-state index in [2.05, 4.69) is 15.3 Å². The molecule has 1 amide bonds. The summed E-state index contributed by atoms with van der Waals surface area (Å²) in [5, 5.41) is 11.1. The number of carboxylic acids is 1. The van der Waals surface area contributed by atoms with Gasteiger partial charge in [0.15, 0.2) is 0 Å². The lowest BCUT2D eigenvalue weighted by molar-refractivity contribution is -0.131. The van der Waals surface area contributed by atoms with Crippen molar-refractivity contribution in [1.82, 2.24) is 9.97 Å². The number of amides is 1. The first-order valence-corrected chi connectivity index (χ1v) is 6.89. The first-order chi connectivity index (χ1) is 11.1. The lowest BCUT2D eigenvalue weighted by Gasteiger charge is -2.03. The highest BCUT2D eigenvalue weighted by Gasteiger charge is 2.05. The van der Waals surface area contributed by atoms with Crippen LogP contribution in [-0.4, -0.2) is 27.0 Å². The SMILES string of the molecule is O=C(O)C=CC(=O)Nc1ccc(-c2nc3ccccc3[nH]2)cc1. The van der Waals surface area contributed by atoms with Gasteiger partial charge in [0, 0.05) is 23.4 Å². The number of nitrogens with one attached hydrogen (secondary N) is 2. The number of fused-ring (bicyclic) bond motifs is 1. The summed E-state index contributed by atoms with van der Waals surface area (Å²) in [7, 11) is 0. The number of carbonyl (C=O) groups is 2. The Morgan fingerprint density at radius 2 is 1.78 bits per heavy atom. The summed E-state index contributed by atoms with van der Waals surface area (Å²) in [6.45, 7) is 0. The molecule has 3 aromatic rings. The second-order valence-corrected chi connectivity index (χ2v) is 4.84. The molecule has 23 heavy (non-hydrogen) atoms. The summed E-state index contributed by atoms with van der Waals surface area (Å²) < 4.78 is 0. The molecular formula is C17H13N3O3. The molecule has 0 bridgehead atoms. The van der Waals surface area contributed by atoms with Gasteiger partial charge in [-0.25, -0.2) is 9.78 Å². The van der Waals surface area contributed by atoms with Gasteiger partial charge in [0.2, 0.25) is 5.91 Å². The Bertz CT molecular complexity index is 862. The third-order valence-electron chi connectivity index (χ3n) is 3.19. The van der Waals surface area contributed by atoms with Gasteiger partial charge in [0.25, 0.3) is 0 Å². The summed E-state index contributed by atoms with van der Waals surface area (Å²) >= 11 is 0. The Hall–Kier alpha value is -3.41. The van der Waals surface area contributed by atoms with E-state index in [1.165, 1.54) is 0 Å². The minimum atomic E-state index is -1.17. The molecule has 0 aliphatic heterocycles. The van der Waals surface area contributed by atoms with Crippen molar-refractivity contribution < 1.29 is 14.7 Å². The van der Waals surface area contributed by atoms with Gasteiger partial charge in [0.1, 0.15) is 5.82 Å². The predicted octanol–water partition coefficient (Wildman–Crippen LogP) is 2.81. The first-order valence-electron chi connectivity index (χ1n) is 6.89. The molecular weight excluding hydrogens is 294 g/mol. The summed E-state index contributed by atoms with van der Waals surface area (Å²) in [6.07, 6.45) is 1.76. The smallest absolute Gasteiger partial charge is 0.328 e. The second kappa shape index (κ2) is 6.15. The van der Waals surface area contributed by atoms with Crippen LogP contribution >= 0.6 is 0 Å². The normalized spacial score (nSPS) is 11.0. The van der Waals surface area contributed by atoms with Crippen molar-refractivity contribution in [2.24, 2.45) is 0 Å². The van der Waals surface area contributed by atoms with Crippen LogP contribution < -0.4 is 5.32 Å². The van der Waals surface area contributed by atoms with Crippen LogP contribution in [0.5, 0.6) is 0 Å². The fraction of sp³-hybridized carbons (Fsp3) is 0. The lowest BCUT2D eigenvalue weighted by atomic mass is 10.2. The number of aromatic amines is 1. The highest BCUT2D eigenvalue weighted by Crippen LogP contribution is 2.21. The molecule has 0 radical (unpaired) electrons. The van der Waals surface area contributed by atoms with E-state index in [0.29, 0.717) is 5.69 Å². The summed E-state index contributed by atoms with van der Waals surface area (Å²) in [5.74, 6) is -0.917. The van der Waals surface area contributed by atoms with Crippen LogP contribution in [0, 0.1) is 0 Å². The number of hydrogen-bond donors (Lipinski definition) is 3. The zero-order valence-corrected chi connectivity index (χ0v) is 12.0. The van der Waals surface area contributed by atoms with E-state index in [1.54, 1.807) is 12.1 Å². The Kier molecular flexibility index (Phi) is 3.88. The van der Waals surface area contributed by atoms with Crippen LogP contribution in [0.15, 0.2) is 60.7 Å². The third kappa shape index (κ3) is 3.44. The number of aliphatic carboxylic acids is 1. The maximum atomic E-state index is 11.5. The van der Waals surface area contributed by atoms with Crippen molar-refractivity contribution in [3.05, 3.63) is 60.7 Å². The summed E-state index contributed by atoms with van der Waals surface area (Å²) in [6, 6.07) is 14.9. The zero-order chi connectivity index (χ0) is 16.2. The van der Waals surface area contributed by atoms with Crippen LogP contribution in [0.25, 0.3) is 22.4 Å². The van der Waals surface area contributed by atoms with Gasteiger partial charge in [-0.15, -0.1) is 0 Å². The average molecular weight is 307 g/mol. The van der Waals surface area contributed by atoms with Gasteiger partial charge < -0.3 is 15.4 Å². The maximum absolute atomic E-state index is 11.5. The Morgan fingerprint density at radius 1 is 1.04 bits per heavy atom. The topological polar surface area (TPSA) is 95.1 Å². The minimum Gasteiger partial charge on any atom is -0.478 e. The molecule has 6 heteroatoms. The number of anilines is 1. The van der Waals surface area contributed by atoms with Gasteiger partial charge in [-0.2, -0.15) is 0 Å². The number of nitrogens with zero attached hydrogens (tertiary/aromatic N) is 1. The average Bonchev–Trinajstić information content (AvgIpc) is 2.97. The number of para-hydroxylation sites is 2. The van der Waals surface area contributed by atoms with Crippen molar-refractivity contribution in [2.75, 3.05) is 5.32 Å². The highest BCUT2D eigenvalue weighted by atomic mass is 16.4. The van der Waals surface area contributed by atoms with Gasteiger partial charge in [-0.3, -0.25) is 4.79 Å². The van der Waals surface area contributed by atoms with Crippen LogP contribution in [0.1, 0.15) is 0 Å². The summed E-state index contributed by atoms with van der Waals surface area (Å²) in [4.78, 5) is 29.6. The number of benzene rings is 2. The van der Waals surface area contributed by atoms with Crippen molar-refractivity contribution in [3.8, 4) is 11.4 Å². The minimum absolute atomic E-state index is 0.496. The van der Waals surface area contributed by atoms with E-state index in [-0.39, 0.29) is 0 Å². The van der Waals surface area contributed by atoms with Crippen molar-refractivity contribution in [1.29, 1.82) is 0 Å². The van der Waals surface area contributed by atoms with E-state index in [9.17, 15) is 9.59 Å². The van der Waals surface area contributed by atoms with Gasteiger partial charge in [-0.1, -0.05) is 12.1 Å². The Labute approximate surface area is 131 Å².